The summed E-state index contributed by atoms with van der Waals surface area (Å²) in [7, 11) is 2.07. The fourth-order valence-electron chi connectivity index (χ4n) is 2.58. The average Bonchev–Trinajstić information content (AvgIpc) is 2.55. The topological polar surface area (TPSA) is 49.8 Å². The summed E-state index contributed by atoms with van der Waals surface area (Å²) < 4.78 is 5.70. The SMILES string of the molecule is CN1CCC2(CC1)OCCC2C(=O)O. The number of aliphatic carboxylic acids is 1. The van der Waals surface area contributed by atoms with Crippen LogP contribution in [0, 0.1) is 5.92 Å². The van der Waals surface area contributed by atoms with Gasteiger partial charge in [-0.15, -0.1) is 0 Å². The fourth-order valence-corrected chi connectivity index (χ4v) is 2.58. The Hall–Kier alpha value is -0.610. The standard InChI is InChI=1S/C10H17NO3/c1-11-5-3-10(4-6-11)8(9(12)13)2-7-14-10/h8H,2-7H2,1H3,(H,12,13). The first kappa shape index (κ1) is 9.93. The van der Waals surface area contributed by atoms with Crippen LogP contribution >= 0.6 is 0 Å². The van der Waals surface area contributed by atoms with E-state index in [2.05, 4.69) is 11.9 Å². The van der Waals surface area contributed by atoms with Gasteiger partial charge in [-0.1, -0.05) is 0 Å². The summed E-state index contributed by atoms with van der Waals surface area (Å²) >= 11 is 0. The number of hydrogen-bond acceptors (Lipinski definition) is 3. The number of nitrogens with zero attached hydrogens (tertiary/aromatic N) is 1. The molecule has 4 heteroatoms. The van der Waals surface area contributed by atoms with Crippen molar-refractivity contribution in [3.05, 3.63) is 0 Å². The lowest BCUT2D eigenvalue weighted by molar-refractivity contribution is -0.151. The molecule has 0 aromatic heterocycles. The molecule has 1 atom stereocenters. The van der Waals surface area contributed by atoms with Crippen molar-refractivity contribution in [2.75, 3.05) is 26.7 Å². The molecular formula is C10H17NO3. The van der Waals surface area contributed by atoms with E-state index in [0.29, 0.717) is 13.0 Å². The van der Waals surface area contributed by atoms with Crippen LogP contribution in [0.1, 0.15) is 19.3 Å². The Morgan fingerprint density at radius 3 is 2.71 bits per heavy atom. The monoisotopic (exact) mass is 199 g/mol. The zero-order chi connectivity index (χ0) is 10.2. The second-order valence-electron chi connectivity index (χ2n) is 4.40. The normalized spacial score (nSPS) is 32.2. The van der Waals surface area contributed by atoms with Crippen molar-refractivity contribution in [1.82, 2.24) is 4.90 Å². The van der Waals surface area contributed by atoms with E-state index in [1.807, 2.05) is 0 Å². The molecule has 14 heavy (non-hydrogen) atoms. The third kappa shape index (κ3) is 1.53. The van der Waals surface area contributed by atoms with Gasteiger partial charge in [0.1, 0.15) is 0 Å². The number of hydrogen-bond donors (Lipinski definition) is 1. The molecule has 1 unspecified atom stereocenters. The predicted octanol–water partition coefficient (Wildman–Crippen LogP) is 0.572. The van der Waals surface area contributed by atoms with Gasteiger partial charge in [0.25, 0.3) is 0 Å². The second kappa shape index (κ2) is 3.51. The van der Waals surface area contributed by atoms with Crippen LogP contribution in [-0.2, 0) is 9.53 Å². The molecule has 0 saturated carbocycles. The Kier molecular flexibility index (Phi) is 2.49. The van der Waals surface area contributed by atoms with Gasteiger partial charge in [0.2, 0.25) is 0 Å². The third-order valence-corrected chi connectivity index (χ3v) is 3.56. The van der Waals surface area contributed by atoms with E-state index >= 15 is 0 Å². The van der Waals surface area contributed by atoms with Gasteiger partial charge in [-0.2, -0.15) is 0 Å². The number of rotatable bonds is 1. The van der Waals surface area contributed by atoms with Gasteiger partial charge in [-0.25, -0.2) is 0 Å². The van der Waals surface area contributed by atoms with Gasteiger partial charge in [-0.3, -0.25) is 4.79 Å². The van der Waals surface area contributed by atoms with Crippen LogP contribution in [0.5, 0.6) is 0 Å². The summed E-state index contributed by atoms with van der Waals surface area (Å²) in [6.07, 6.45) is 2.40. The van der Waals surface area contributed by atoms with Gasteiger partial charge in [-0.05, 0) is 26.3 Å². The van der Waals surface area contributed by atoms with E-state index < -0.39 is 5.97 Å². The number of piperidine rings is 1. The van der Waals surface area contributed by atoms with Crippen LogP contribution in [-0.4, -0.2) is 48.3 Å². The molecule has 2 aliphatic rings. The Morgan fingerprint density at radius 1 is 1.50 bits per heavy atom. The predicted molar refractivity (Wildman–Crippen MR) is 51.2 cm³/mol. The van der Waals surface area contributed by atoms with Crippen molar-refractivity contribution in [3.8, 4) is 0 Å². The minimum Gasteiger partial charge on any atom is -0.481 e. The lowest BCUT2D eigenvalue weighted by Crippen LogP contribution is -2.48. The molecular weight excluding hydrogens is 182 g/mol. The van der Waals surface area contributed by atoms with Crippen LogP contribution in [0.25, 0.3) is 0 Å². The molecule has 0 aliphatic carbocycles. The van der Waals surface area contributed by atoms with E-state index in [0.717, 1.165) is 25.9 Å². The Labute approximate surface area is 83.8 Å². The molecule has 4 nitrogen and oxygen atoms in total. The van der Waals surface area contributed by atoms with Crippen LogP contribution < -0.4 is 0 Å². The van der Waals surface area contributed by atoms with Crippen molar-refractivity contribution < 1.29 is 14.6 Å². The van der Waals surface area contributed by atoms with Gasteiger partial charge >= 0.3 is 5.97 Å². The highest BCUT2D eigenvalue weighted by Crippen LogP contribution is 2.40. The van der Waals surface area contributed by atoms with Crippen molar-refractivity contribution in [2.24, 2.45) is 5.92 Å². The van der Waals surface area contributed by atoms with E-state index in [9.17, 15) is 4.79 Å². The summed E-state index contributed by atoms with van der Waals surface area (Å²) in [6.45, 7) is 2.51. The Bertz CT molecular complexity index is 234. The molecule has 2 fully saturated rings. The molecule has 0 aromatic rings. The van der Waals surface area contributed by atoms with Gasteiger partial charge < -0.3 is 14.7 Å². The minimum absolute atomic E-state index is 0.281. The highest BCUT2D eigenvalue weighted by Gasteiger charge is 2.49. The van der Waals surface area contributed by atoms with E-state index in [-0.39, 0.29) is 11.5 Å². The molecule has 0 bridgehead atoms. The van der Waals surface area contributed by atoms with Gasteiger partial charge in [0, 0.05) is 19.7 Å². The van der Waals surface area contributed by atoms with E-state index in [4.69, 9.17) is 9.84 Å². The highest BCUT2D eigenvalue weighted by atomic mass is 16.5. The summed E-state index contributed by atoms with van der Waals surface area (Å²) in [6, 6.07) is 0. The maximum atomic E-state index is 11.1. The zero-order valence-corrected chi connectivity index (χ0v) is 8.53. The van der Waals surface area contributed by atoms with Crippen LogP contribution in [0.2, 0.25) is 0 Å². The smallest absolute Gasteiger partial charge is 0.309 e. The Balaban J connectivity index is 2.10. The van der Waals surface area contributed by atoms with Crippen LogP contribution in [0.15, 0.2) is 0 Å². The van der Waals surface area contributed by atoms with E-state index in [1.54, 1.807) is 0 Å². The largest absolute Gasteiger partial charge is 0.481 e. The number of ether oxygens (including phenoxy) is 1. The molecule has 0 amide bonds. The molecule has 2 rings (SSSR count). The molecule has 0 aromatic carbocycles. The number of carboxylic acids is 1. The van der Waals surface area contributed by atoms with Crippen LogP contribution in [0.3, 0.4) is 0 Å². The first-order chi connectivity index (χ1) is 6.64. The van der Waals surface area contributed by atoms with Gasteiger partial charge in [0.05, 0.1) is 11.5 Å². The maximum absolute atomic E-state index is 11.1. The van der Waals surface area contributed by atoms with Crippen molar-refractivity contribution in [2.45, 2.75) is 24.9 Å². The quantitative estimate of drug-likeness (QED) is 0.671. The van der Waals surface area contributed by atoms with Crippen molar-refractivity contribution in [1.29, 1.82) is 0 Å². The number of likely N-dealkylation sites (tertiary alicyclic amines) is 1. The molecule has 1 N–H and O–H groups in total. The highest BCUT2D eigenvalue weighted by molar-refractivity contribution is 5.72. The average molecular weight is 199 g/mol. The summed E-state index contributed by atoms with van der Waals surface area (Å²) in [5, 5.41) is 9.10. The molecule has 2 saturated heterocycles. The summed E-state index contributed by atoms with van der Waals surface area (Å²) in [4.78, 5) is 13.3. The minimum atomic E-state index is -0.688. The molecule has 1 spiro atoms. The van der Waals surface area contributed by atoms with Crippen molar-refractivity contribution >= 4 is 5.97 Å². The lowest BCUT2D eigenvalue weighted by atomic mass is 9.80. The Morgan fingerprint density at radius 2 is 2.14 bits per heavy atom. The fraction of sp³-hybridized carbons (Fsp3) is 0.900. The second-order valence-corrected chi connectivity index (χ2v) is 4.40. The van der Waals surface area contributed by atoms with Crippen LogP contribution in [0.4, 0.5) is 0 Å². The first-order valence-electron chi connectivity index (χ1n) is 5.19. The summed E-state index contributed by atoms with van der Waals surface area (Å²) in [5.74, 6) is -0.969. The number of carboxylic acid groups (broad SMARTS) is 1. The first-order valence-corrected chi connectivity index (χ1v) is 5.19. The van der Waals surface area contributed by atoms with Gasteiger partial charge in [0.15, 0.2) is 0 Å². The lowest BCUT2D eigenvalue weighted by Gasteiger charge is -2.39. The third-order valence-electron chi connectivity index (χ3n) is 3.56. The van der Waals surface area contributed by atoms with Crippen molar-refractivity contribution in [3.63, 3.8) is 0 Å². The van der Waals surface area contributed by atoms with E-state index in [1.165, 1.54) is 0 Å². The number of carbonyl (C=O) groups is 1. The zero-order valence-electron chi connectivity index (χ0n) is 8.53. The summed E-state index contributed by atoms with van der Waals surface area (Å²) in [5.41, 5.74) is -0.349. The molecule has 80 valence electrons. The molecule has 2 aliphatic heterocycles. The molecule has 0 radical (unpaired) electrons. The maximum Gasteiger partial charge on any atom is 0.309 e. The molecule has 2 heterocycles.